The van der Waals surface area contributed by atoms with Crippen LogP contribution in [0, 0.1) is 16.0 Å². The van der Waals surface area contributed by atoms with Crippen LogP contribution in [0.15, 0.2) is 41.7 Å². The van der Waals surface area contributed by atoms with Gasteiger partial charge in [0.15, 0.2) is 9.84 Å². The molecule has 1 aliphatic carbocycles. The number of amides is 1. The second-order valence-electron chi connectivity index (χ2n) is 7.28. The molecule has 0 spiro atoms. The number of carbonyl (C=O) groups is 1. The number of hydrogen-bond donors (Lipinski definition) is 1. The Bertz CT molecular complexity index is 1000. The molecule has 154 valence electrons. The Labute approximate surface area is 168 Å². The van der Waals surface area contributed by atoms with Crippen molar-refractivity contribution < 1.29 is 18.1 Å². The van der Waals surface area contributed by atoms with Crippen molar-refractivity contribution in [1.29, 1.82) is 0 Å². The topological polar surface area (TPSA) is 132 Å². The van der Waals surface area contributed by atoms with E-state index in [4.69, 9.17) is 0 Å². The Kier molecular flexibility index (Phi) is 6.21. The van der Waals surface area contributed by atoms with Gasteiger partial charge in [0.05, 0.1) is 10.8 Å². The highest BCUT2D eigenvalue weighted by atomic mass is 32.2. The van der Waals surface area contributed by atoms with Gasteiger partial charge >= 0.3 is 0 Å². The molecule has 0 saturated heterocycles. The van der Waals surface area contributed by atoms with E-state index >= 15 is 0 Å². The first-order chi connectivity index (χ1) is 13.8. The minimum atomic E-state index is -3.77. The number of aromatic nitrogens is 2. The average Bonchev–Trinajstić information content (AvgIpc) is 3.19. The highest BCUT2D eigenvalue weighted by Crippen LogP contribution is 2.37. The Morgan fingerprint density at radius 3 is 2.62 bits per heavy atom. The van der Waals surface area contributed by atoms with Gasteiger partial charge in [-0.1, -0.05) is 31.7 Å². The summed E-state index contributed by atoms with van der Waals surface area (Å²) in [5.41, 5.74) is -0.0983. The molecule has 3 rings (SSSR count). The van der Waals surface area contributed by atoms with Crippen LogP contribution in [0.1, 0.15) is 43.6 Å². The van der Waals surface area contributed by atoms with Crippen LogP contribution in [0.25, 0.3) is 0 Å². The van der Waals surface area contributed by atoms with Gasteiger partial charge in [0.25, 0.3) is 5.69 Å². The van der Waals surface area contributed by atoms with Gasteiger partial charge in [-0.15, -0.1) is 0 Å². The van der Waals surface area contributed by atoms with Crippen molar-refractivity contribution in [2.45, 2.75) is 42.9 Å². The third-order valence-electron chi connectivity index (χ3n) is 5.18. The maximum absolute atomic E-state index is 13.0. The number of hydrogen-bond acceptors (Lipinski definition) is 7. The fourth-order valence-electron chi connectivity index (χ4n) is 3.76. The standard InChI is InChI=1S/C19H22N4O5S/c1-29(27,28)17-7-6-14(11-16(17)23(25)26)15(10-13-4-2-3-5-13)19(24)22-18-8-9-20-12-21-18/h6-9,11-13,15H,2-5,10H2,1H3,(H,20,21,22,24). The zero-order valence-electron chi connectivity index (χ0n) is 15.9. The van der Waals surface area contributed by atoms with Gasteiger partial charge < -0.3 is 5.32 Å². The lowest BCUT2D eigenvalue weighted by Crippen LogP contribution is -2.24. The lowest BCUT2D eigenvalue weighted by Gasteiger charge is -2.20. The zero-order chi connectivity index (χ0) is 21.0. The van der Waals surface area contributed by atoms with Crippen LogP contribution in [0.4, 0.5) is 11.5 Å². The molecule has 0 bridgehead atoms. The smallest absolute Gasteiger partial charge is 0.288 e. The summed E-state index contributed by atoms with van der Waals surface area (Å²) in [6.45, 7) is 0. The maximum atomic E-state index is 13.0. The molecule has 1 unspecified atom stereocenters. The molecule has 1 saturated carbocycles. The molecule has 1 atom stereocenters. The lowest BCUT2D eigenvalue weighted by atomic mass is 9.87. The van der Waals surface area contributed by atoms with Gasteiger partial charge in [-0.25, -0.2) is 18.4 Å². The van der Waals surface area contributed by atoms with Crippen molar-refractivity contribution >= 4 is 27.2 Å². The number of nitrogens with one attached hydrogen (secondary N) is 1. The van der Waals surface area contributed by atoms with E-state index in [2.05, 4.69) is 15.3 Å². The van der Waals surface area contributed by atoms with Crippen LogP contribution >= 0.6 is 0 Å². The highest BCUT2D eigenvalue weighted by molar-refractivity contribution is 7.90. The molecule has 1 aliphatic rings. The van der Waals surface area contributed by atoms with Crippen molar-refractivity contribution in [2.24, 2.45) is 5.92 Å². The number of benzene rings is 1. The number of anilines is 1. The summed E-state index contributed by atoms with van der Waals surface area (Å²) in [7, 11) is -3.77. The van der Waals surface area contributed by atoms with Crippen molar-refractivity contribution in [2.75, 3.05) is 11.6 Å². The number of nitro groups is 1. The number of nitrogens with zero attached hydrogens (tertiary/aromatic N) is 3. The first-order valence-corrected chi connectivity index (χ1v) is 11.2. The van der Waals surface area contributed by atoms with E-state index in [1.807, 2.05) is 0 Å². The first kappa shape index (κ1) is 20.8. The van der Waals surface area contributed by atoms with Gasteiger partial charge in [0.1, 0.15) is 17.0 Å². The normalized spacial score (nSPS) is 15.8. The maximum Gasteiger partial charge on any atom is 0.288 e. The largest absolute Gasteiger partial charge is 0.310 e. The van der Waals surface area contributed by atoms with Crippen molar-refractivity contribution in [3.63, 3.8) is 0 Å². The summed E-state index contributed by atoms with van der Waals surface area (Å²) in [6.07, 6.45) is 8.46. The van der Waals surface area contributed by atoms with Gasteiger partial charge in [0, 0.05) is 18.5 Å². The fourth-order valence-corrected chi connectivity index (χ4v) is 4.59. The fraction of sp³-hybridized carbons (Fsp3) is 0.421. The number of carbonyl (C=O) groups excluding carboxylic acids is 1. The molecular weight excluding hydrogens is 396 g/mol. The third kappa shape index (κ3) is 5.14. The number of rotatable bonds is 7. The monoisotopic (exact) mass is 418 g/mol. The molecular formula is C19H22N4O5S. The van der Waals surface area contributed by atoms with Gasteiger partial charge in [-0.2, -0.15) is 0 Å². The molecule has 0 radical (unpaired) electrons. The van der Waals surface area contributed by atoms with Gasteiger partial charge in [-0.3, -0.25) is 14.9 Å². The van der Waals surface area contributed by atoms with E-state index in [9.17, 15) is 23.3 Å². The molecule has 2 aromatic rings. The number of nitro benzene ring substituents is 1. The minimum absolute atomic E-state index is 0.336. The highest BCUT2D eigenvalue weighted by Gasteiger charge is 2.30. The van der Waals surface area contributed by atoms with Crippen LogP contribution in [-0.4, -0.2) is 35.5 Å². The van der Waals surface area contributed by atoms with Crippen LogP contribution < -0.4 is 5.32 Å². The predicted octanol–water partition coefficient (Wildman–Crippen LogP) is 3.09. The summed E-state index contributed by atoms with van der Waals surface area (Å²) in [5, 5.41) is 14.2. The van der Waals surface area contributed by atoms with Crippen molar-refractivity contribution in [3.8, 4) is 0 Å². The summed E-state index contributed by atoms with van der Waals surface area (Å²) < 4.78 is 23.8. The Hall–Kier alpha value is -2.88. The second-order valence-corrected chi connectivity index (χ2v) is 9.26. The summed E-state index contributed by atoms with van der Waals surface area (Å²) in [6, 6.07) is 5.46. The average molecular weight is 418 g/mol. The van der Waals surface area contributed by atoms with E-state index in [0.717, 1.165) is 31.9 Å². The molecule has 1 fully saturated rings. The Balaban J connectivity index is 1.97. The molecule has 1 aromatic heterocycles. The molecule has 1 heterocycles. The van der Waals surface area contributed by atoms with Crippen LogP contribution in [0.5, 0.6) is 0 Å². The second kappa shape index (κ2) is 8.64. The van der Waals surface area contributed by atoms with Crippen LogP contribution in [-0.2, 0) is 14.6 Å². The van der Waals surface area contributed by atoms with E-state index < -0.39 is 26.4 Å². The van der Waals surface area contributed by atoms with Gasteiger partial charge in [-0.05, 0) is 30.0 Å². The van der Waals surface area contributed by atoms with Gasteiger partial charge in [0.2, 0.25) is 5.91 Å². The van der Waals surface area contributed by atoms with Crippen LogP contribution in [0.3, 0.4) is 0 Å². The SMILES string of the molecule is CS(=O)(=O)c1ccc(C(CC2CCCC2)C(=O)Nc2ccncn2)cc1[N+](=O)[O-]. The summed E-state index contributed by atoms with van der Waals surface area (Å²) in [4.78, 5) is 31.2. The molecule has 1 aromatic carbocycles. The molecule has 29 heavy (non-hydrogen) atoms. The Morgan fingerprint density at radius 2 is 2.03 bits per heavy atom. The number of sulfone groups is 1. The van der Waals surface area contributed by atoms with E-state index in [0.29, 0.717) is 23.7 Å². The molecule has 0 aliphatic heterocycles. The molecule has 1 N–H and O–H groups in total. The molecule has 9 nitrogen and oxygen atoms in total. The predicted molar refractivity (Wildman–Crippen MR) is 106 cm³/mol. The molecule has 1 amide bonds. The first-order valence-electron chi connectivity index (χ1n) is 9.31. The molecule has 10 heteroatoms. The third-order valence-corrected chi connectivity index (χ3v) is 6.32. The van der Waals surface area contributed by atoms with Crippen molar-refractivity contribution in [3.05, 3.63) is 52.5 Å². The van der Waals surface area contributed by atoms with E-state index in [1.165, 1.54) is 30.7 Å². The zero-order valence-corrected chi connectivity index (χ0v) is 16.8. The van der Waals surface area contributed by atoms with E-state index in [-0.39, 0.29) is 10.8 Å². The lowest BCUT2D eigenvalue weighted by molar-refractivity contribution is -0.387. The quantitative estimate of drug-likeness (QED) is 0.539. The Morgan fingerprint density at radius 1 is 1.31 bits per heavy atom. The van der Waals surface area contributed by atoms with Crippen LogP contribution in [0.2, 0.25) is 0 Å². The van der Waals surface area contributed by atoms with Crippen molar-refractivity contribution in [1.82, 2.24) is 9.97 Å². The minimum Gasteiger partial charge on any atom is -0.310 e. The van der Waals surface area contributed by atoms with E-state index in [1.54, 1.807) is 6.07 Å². The summed E-state index contributed by atoms with van der Waals surface area (Å²) >= 11 is 0. The summed E-state index contributed by atoms with van der Waals surface area (Å²) in [5.74, 6) is -0.314.